The molecule has 0 spiro atoms. The smallest absolute Gasteiger partial charge is 0.146 e. The molecule has 1 aliphatic rings. The van der Waals surface area contributed by atoms with Gasteiger partial charge < -0.3 is 4.42 Å². The lowest BCUT2D eigenvalue weighted by atomic mass is 9.90. The number of nitrogens with zero attached hydrogens (tertiary/aromatic N) is 2. The molecule has 10 aromatic carbocycles. The van der Waals surface area contributed by atoms with Crippen molar-refractivity contribution in [2.75, 3.05) is 0 Å². The normalized spacial score (nSPS) is 13.5. The zero-order chi connectivity index (χ0) is 38.8. The molecular weight excluding hydrogens is 717 g/mol. The SMILES string of the molecule is CCC1=C(c2cccc3oc4ccccc4c23)C(n2c3cc4ccccc4cc3c3c4c5ccccc5c5ccccc5c4ccc32)=Nc2c(ccc3ccccc23)C1. The van der Waals surface area contributed by atoms with Crippen molar-refractivity contribution in [1.29, 1.82) is 0 Å². The summed E-state index contributed by atoms with van der Waals surface area (Å²) in [4.78, 5) is 6.00. The van der Waals surface area contributed by atoms with E-state index in [1.54, 1.807) is 0 Å². The number of hydrogen-bond acceptors (Lipinski definition) is 2. The van der Waals surface area contributed by atoms with Crippen molar-refractivity contribution in [1.82, 2.24) is 4.57 Å². The summed E-state index contributed by atoms with van der Waals surface area (Å²) in [7, 11) is 0. The van der Waals surface area contributed by atoms with Gasteiger partial charge in [-0.3, -0.25) is 4.57 Å². The molecule has 0 amide bonds. The summed E-state index contributed by atoms with van der Waals surface area (Å²) in [6, 6.07) is 64.4. The van der Waals surface area contributed by atoms with E-state index in [1.165, 1.54) is 81.3 Å². The average molecular weight is 753 g/mol. The molecule has 0 radical (unpaired) electrons. The zero-order valence-corrected chi connectivity index (χ0v) is 32.5. The van der Waals surface area contributed by atoms with Gasteiger partial charge in [0.1, 0.15) is 17.0 Å². The van der Waals surface area contributed by atoms with Crippen LogP contribution in [0.2, 0.25) is 0 Å². The van der Waals surface area contributed by atoms with Crippen LogP contribution in [0.5, 0.6) is 0 Å². The van der Waals surface area contributed by atoms with Crippen LogP contribution < -0.4 is 0 Å². The summed E-state index contributed by atoms with van der Waals surface area (Å²) in [5.74, 6) is 0.939. The minimum absolute atomic E-state index is 0.796. The second kappa shape index (κ2) is 12.3. The van der Waals surface area contributed by atoms with Crippen molar-refractivity contribution in [2.45, 2.75) is 19.8 Å². The molecule has 0 saturated carbocycles. The maximum Gasteiger partial charge on any atom is 0.146 e. The Morgan fingerprint density at radius 1 is 0.475 bits per heavy atom. The molecule has 2 aromatic heterocycles. The molecular formula is C56H36N2O. The van der Waals surface area contributed by atoms with E-state index in [0.29, 0.717) is 0 Å². The summed E-state index contributed by atoms with van der Waals surface area (Å²) < 4.78 is 9.08. The van der Waals surface area contributed by atoms with Gasteiger partial charge in [0.25, 0.3) is 0 Å². The minimum atomic E-state index is 0.796. The number of aromatic nitrogens is 1. The molecule has 0 unspecified atom stereocenters. The second-order valence-corrected chi connectivity index (χ2v) is 16.0. The lowest BCUT2D eigenvalue weighted by Crippen LogP contribution is -2.16. The van der Waals surface area contributed by atoms with Crippen LogP contribution in [0.15, 0.2) is 191 Å². The van der Waals surface area contributed by atoms with Crippen LogP contribution in [0.25, 0.3) is 103 Å². The Hall–Kier alpha value is -7.49. The van der Waals surface area contributed by atoms with Gasteiger partial charge in [-0.25, -0.2) is 4.99 Å². The lowest BCUT2D eigenvalue weighted by molar-refractivity contribution is 0.669. The van der Waals surface area contributed by atoms with Crippen LogP contribution in [0.1, 0.15) is 24.5 Å². The number of rotatable bonds is 2. The molecule has 0 atom stereocenters. The first-order valence-electron chi connectivity index (χ1n) is 20.7. The molecule has 0 bridgehead atoms. The Morgan fingerprint density at radius 2 is 1.10 bits per heavy atom. The molecule has 13 rings (SSSR count). The van der Waals surface area contributed by atoms with Gasteiger partial charge in [0.05, 0.1) is 16.7 Å². The van der Waals surface area contributed by atoms with Gasteiger partial charge in [0.2, 0.25) is 0 Å². The van der Waals surface area contributed by atoms with E-state index in [4.69, 9.17) is 9.41 Å². The van der Waals surface area contributed by atoms with Crippen molar-refractivity contribution < 1.29 is 4.42 Å². The third-order valence-corrected chi connectivity index (χ3v) is 13.0. The molecule has 12 aromatic rings. The van der Waals surface area contributed by atoms with E-state index < -0.39 is 0 Å². The first-order valence-corrected chi connectivity index (χ1v) is 20.7. The summed E-state index contributed by atoms with van der Waals surface area (Å²) in [6.07, 6.45) is 1.66. The van der Waals surface area contributed by atoms with E-state index in [0.717, 1.165) is 62.9 Å². The largest absolute Gasteiger partial charge is 0.456 e. The highest BCUT2D eigenvalue weighted by Crippen LogP contribution is 2.47. The van der Waals surface area contributed by atoms with Gasteiger partial charge in [-0.05, 0) is 97.4 Å². The van der Waals surface area contributed by atoms with Crippen LogP contribution in [-0.4, -0.2) is 10.4 Å². The van der Waals surface area contributed by atoms with Crippen LogP contribution >= 0.6 is 0 Å². The minimum Gasteiger partial charge on any atom is -0.456 e. The maximum absolute atomic E-state index is 6.57. The molecule has 3 nitrogen and oxygen atoms in total. The fourth-order valence-electron chi connectivity index (χ4n) is 10.4. The predicted octanol–water partition coefficient (Wildman–Crippen LogP) is 15.5. The quantitative estimate of drug-likeness (QED) is 0.162. The second-order valence-electron chi connectivity index (χ2n) is 16.0. The Bertz CT molecular complexity index is 3820. The van der Waals surface area contributed by atoms with Crippen LogP contribution in [0.4, 0.5) is 5.69 Å². The summed E-state index contributed by atoms with van der Waals surface area (Å²) in [5, 5.41) is 17.1. The molecule has 276 valence electrons. The molecule has 0 N–H and O–H groups in total. The third-order valence-electron chi connectivity index (χ3n) is 13.0. The van der Waals surface area contributed by atoms with Crippen LogP contribution in [-0.2, 0) is 6.42 Å². The number of furan rings is 1. The third kappa shape index (κ3) is 4.56. The average Bonchev–Trinajstić information content (AvgIpc) is 3.77. The molecule has 0 saturated heterocycles. The standard InChI is InChI=1S/C56H36N2O/c1-2-33-30-37-27-26-34-14-5-6-17-38(34)55(37)57-56(51(33)45-23-13-25-50-52(45)44-22-11-12-24-49(44)59-50)58-47-29-28-43-41-20-8-7-18-39(41)40-19-9-10-21-42(40)53(43)54(47)46-31-35-15-3-4-16-36(35)32-48(46)58/h3-29,31-32H,2,30H2,1H3. The molecule has 3 heteroatoms. The topological polar surface area (TPSA) is 30.4 Å². The summed E-state index contributed by atoms with van der Waals surface area (Å²) >= 11 is 0. The molecule has 1 aliphatic heterocycles. The van der Waals surface area contributed by atoms with Gasteiger partial charge in [-0.15, -0.1) is 0 Å². The van der Waals surface area contributed by atoms with Crippen molar-refractivity contribution >= 4 is 115 Å². The fourth-order valence-corrected chi connectivity index (χ4v) is 10.4. The van der Waals surface area contributed by atoms with Gasteiger partial charge in [0.15, 0.2) is 0 Å². The van der Waals surface area contributed by atoms with E-state index >= 15 is 0 Å². The Balaban J connectivity index is 1.27. The van der Waals surface area contributed by atoms with E-state index in [-0.39, 0.29) is 0 Å². The van der Waals surface area contributed by atoms with Gasteiger partial charge in [-0.1, -0.05) is 158 Å². The molecule has 3 heterocycles. The van der Waals surface area contributed by atoms with Crippen molar-refractivity contribution in [3.05, 3.63) is 193 Å². The monoisotopic (exact) mass is 752 g/mol. The first kappa shape index (κ1) is 32.6. The maximum atomic E-state index is 6.57. The van der Waals surface area contributed by atoms with E-state index in [1.807, 2.05) is 0 Å². The van der Waals surface area contributed by atoms with Crippen LogP contribution in [0.3, 0.4) is 0 Å². The highest BCUT2D eigenvalue weighted by Gasteiger charge is 2.29. The van der Waals surface area contributed by atoms with E-state index in [9.17, 15) is 0 Å². The number of hydrogen-bond donors (Lipinski definition) is 0. The highest BCUT2D eigenvalue weighted by molar-refractivity contribution is 6.40. The number of aliphatic imine (C=N–C) groups is 1. The summed E-state index contributed by atoms with van der Waals surface area (Å²) in [5.41, 5.74) is 10.0. The van der Waals surface area contributed by atoms with E-state index in [2.05, 4.69) is 187 Å². The van der Waals surface area contributed by atoms with Crippen LogP contribution in [0, 0.1) is 0 Å². The predicted molar refractivity (Wildman–Crippen MR) is 251 cm³/mol. The van der Waals surface area contributed by atoms with Crippen molar-refractivity contribution in [3.63, 3.8) is 0 Å². The molecule has 59 heavy (non-hydrogen) atoms. The number of allylic oxidation sites excluding steroid dienone is 2. The van der Waals surface area contributed by atoms with Gasteiger partial charge in [-0.2, -0.15) is 0 Å². The summed E-state index contributed by atoms with van der Waals surface area (Å²) in [6.45, 7) is 2.30. The Morgan fingerprint density at radius 3 is 1.88 bits per heavy atom. The Labute approximate surface area is 339 Å². The zero-order valence-electron chi connectivity index (χ0n) is 32.5. The fraction of sp³-hybridized carbons (Fsp3) is 0.0536. The Kier molecular flexibility index (Phi) is 6.77. The number of benzene rings is 10. The first-order chi connectivity index (χ1) is 29.2. The lowest BCUT2D eigenvalue weighted by Gasteiger charge is -2.19. The number of para-hydroxylation sites is 1. The van der Waals surface area contributed by atoms with Gasteiger partial charge >= 0.3 is 0 Å². The van der Waals surface area contributed by atoms with Crippen molar-refractivity contribution in [2.24, 2.45) is 4.99 Å². The molecule has 0 aliphatic carbocycles. The highest BCUT2D eigenvalue weighted by atomic mass is 16.3. The molecule has 0 fully saturated rings. The van der Waals surface area contributed by atoms with Crippen molar-refractivity contribution in [3.8, 4) is 0 Å². The number of fused-ring (bicyclic) bond motifs is 17. The van der Waals surface area contributed by atoms with Gasteiger partial charge in [0, 0.05) is 37.9 Å².